The number of thiazole rings is 1. The average Bonchev–Trinajstić information content (AvgIpc) is 3.33. The highest BCUT2D eigenvalue weighted by molar-refractivity contribution is 7.78. The normalized spacial score (nSPS) is 20.7. The van der Waals surface area contributed by atoms with Crippen LogP contribution in [0.1, 0.15) is 44.5 Å². The van der Waals surface area contributed by atoms with Crippen LogP contribution in [0.2, 0.25) is 0 Å². The number of β-amino-alcohol motifs (C(OH)–C–C–N with tert-alkyl or cyclic N) is 1. The van der Waals surface area contributed by atoms with Gasteiger partial charge in [-0.15, -0.1) is 11.3 Å². The topological polar surface area (TPSA) is 94.6 Å². The molecule has 2 heterocycles. The molecule has 1 aromatic carbocycles. The summed E-state index contributed by atoms with van der Waals surface area (Å²) in [6.45, 7) is 7.86. The molecule has 0 aliphatic carbocycles. The predicted octanol–water partition coefficient (Wildman–Crippen LogP) is 2.72. The number of nitrogens with one attached hydrogen (secondary N) is 2. The van der Waals surface area contributed by atoms with Crippen molar-refractivity contribution in [3.05, 3.63) is 41.0 Å². The van der Waals surface area contributed by atoms with Crippen molar-refractivity contribution in [3.8, 4) is 10.4 Å². The number of amides is 2. The Labute approximate surface area is 192 Å². The molecule has 1 aliphatic rings. The van der Waals surface area contributed by atoms with E-state index in [1.807, 2.05) is 57.5 Å². The Balaban J connectivity index is 1.69. The van der Waals surface area contributed by atoms with Crippen molar-refractivity contribution < 1.29 is 14.7 Å². The number of hydrogen-bond donors (Lipinski definition) is 4. The number of hydrogen-bond acceptors (Lipinski definition) is 7. The van der Waals surface area contributed by atoms with Gasteiger partial charge >= 0.3 is 0 Å². The highest BCUT2D eigenvalue weighted by atomic mass is 32.1. The summed E-state index contributed by atoms with van der Waals surface area (Å²) in [4.78, 5) is 32.8. The summed E-state index contributed by atoms with van der Waals surface area (Å²) in [5.41, 5.74) is 4.89. The number of carbonyl (C=O) groups is 2. The standard InChI is InChI=1S/C22H30N4O3S2/c1-12(2)19(25-30)22(29)26-10-17(27)9-18(26)21(28)24-13(3)15-5-7-16(8-6-15)20-14(4)23-11-31-20/h5-8,11-13,17-19,25,27,30H,9-10H2,1-4H3,(H,24,28)/t13-,17+,18-,19-/m0/s1. The van der Waals surface area contributed by atoms with Gasteiger partial charge in [0.2, 0.25) is 11.8 Å². The molecule has 0 bridgehead atoms. The lowest BCUT2D eigenvalue weighted by Crippen LogP contribution is -2.53. The van der Waals surface area contributed by atoms with Gasteiger partial charge in [0, 0.05) is 13.0 Å². The van der Waals surface area contributed by atoms with Crippen LogP contribution in [-0.4, -0.2) is 51.5 Å². The van der Waals surface area contributed by atoms with Crippen molar-refractivity contribution in [2.75, 3.05) is 6.54 Å². The van der Waals surface area contributed by atoms with Crippen LogP contribution in [-0.2, 0) is 9.59 Å². The fourth-order valence-corrected chi connectivity index (χ4v) is 5.09. The molecule has 31 heavy (non-hydrogen) atoms. The summed E-state index contributed by atoms with van der Waals surface area (Å²) >= 11 is 5.67. The number of rotatable bonds is 7. The molecule has 2 aromatic rings. The number of likely N-dealkylation sites (tertiary alicyclic amines) is 1. The Bertz CT molecular complexity index is 916. The first-order valence-electron chi connectivity index (χ1n) is 10.4. The molecule has 1 fully saturated rings. The summed E-state index contributed by atoms with van der Waals surface area (Å²) in [5.74, 6) is -0.480. The Morgan fingerprint density at radius 3 is 2.48 bits per heavy atom. The largest absolute Gasteiger partial charge is 0.391 e. The van der Waals surface area contributed by atoms with Gasteiger partial charge in [0.15, 0.2) is 0 Å². The average molecular weight is 463 g/mol. The molecule has 1 aliphatic heterocycles. The molecular formula is C22H30N4O3S2. The number of aliphatic hydroxyl groups is 1. The van der Waals surface area contributed by atoms with E-state index >= 15 is 0 Å². The smallest absolute Gasteiger partial charge is 0.243 e. The monoisotopic (exact) mass is 462 g/mol. The molecule has 168 valence electrons. The van der Waals surface area contributed by atoms with Crippen LogP contribution < -0.4 is 10.0 Å². The zero-order chi connectivity index (χ0) is 22.7. The van der Waals surface area contributed by atoms with Crippen LogP contribution in [0.4, 0.5) is 0 Å². The number of aryl methyl sites for hydroxylation is 1. The Hall–Kier alpha value is -1.94. The Morgan fingerprint density at radius 1 is 1.26 bits per heavy atom. The number of carbonyl (C=O) groups excluding carboxylic acids is 2. The molecule has 0 radical (unpaired) electrons. The van der Waals surface area contributed by atoms with Crippen molar-refractivity contribution in [1.82, 2.24) is 19.9 Å². The zero-order valence-electron chi connectivity index (χ0n) is 18.2. The Morgan fingerprint density at radius 2 is 1.94 bits per heavy atom. The summed E-state index contributed by atoms with van der Waals surface area (Å²) < 4.78 is 2.73. The lowest BCUT2D eigenvalue weighted by atomic mass is 10.0. The minimum Gasteiger partial charge on any atom is -0.391 e. The lowest BCUT2D eigenvalue weighted by molar-refractivity contribution is -0.140. The van der Waals surface area contributed by atoms with Crippen molar-refractivity contribution >= 4 is 36.0 Å². The fraction of sp³-hybridized carbons (Fsp3) is 0.500. The second kappa shape index (κ2) is 10.1. The van der Waals surface area contributed by atoms with Gasteiger partial charge < -0.3 is 15.3 Å². The van der Waals surface area contributed by atoms with Gasteiger partial charge in [-0.3, -0.25) is 14.3 Å². The molecule has 7 nitrogen and oxygen atoms in total. The summed E-state index contributed by atoms with van der Waals surface area (Å²) in [5, 5.41) is 13.1. The minimum atomic E-state index is -0.718. The molecule has 2 amide bonds. The molecule has 1 aromatic heterocycles. The number of nitrogens with zero attached hydrogens (tertiary/aromatic N) is 2. The zero-order valence-corrected chi connectivity index (χ0v) is 19.9. The van der Waals surface area contributed by atoms with E-state index in [1.165, 1.54) is 4.90 Å². The van der Waals surface area contributed by atoms with Crippen LogP contribution in [0.3, 0.4) is 0 Å². The van der Waals surface area contributed by atoms with Crippen LogP contribution in [0.25, 0.3) is 10.4 Å². The maximum Gasteiger partial charge on any atom is 0.243 e. The molecule has 4 atom stereocenters. The van der Waals surface area contributed by atoms with Crippen molar-refractivity contribution in [3.63, 3.8) is 0 Å². The summed E-state index contributed by atoms with van der Waals surface area (Å²) in [7, 11) is 0. The number of aliphatic hydroxyl groups excluding tert-OH is 1. The fourth-order valence-electron chi connectivity index (χ4n) is 3.87. The SMILES string of the molecule is Cc1ncsc1-c1ccc([C@H](C)NC(=O)[C@@H]2C[C@@H](O)CN2C(=O)[C@@H](NS)C(C)C)cc1. The van der Waals surface area contributed by atoms with Gasteiger partial charge in [-0.05, 0) is 30.9 Å². The highest BCUT2D eigenvalue weighted by Crippen LogP contribution is 2.28. The van der Waals surface area contributed by atoms with Gasteiger partial charge in [-0.1, -0.05) is 50.9 Å². The van der Waals surface area contributed by atoms with Crippen LogP contribution >= 0.6 is 24.2 Å². The van der Waals surface area contributed by atoms with Crippen LogP contribution in [0.5, 0.6) is 0 Å². The number of thiol groups is 1. The van der Waals surface area contributed by atoms with E-state index in [4.69, 9.17) is 0 Å². The minimum absolute atomic E-state index is 0.00562. The van der Waals surface area contributed by atoms with Gasteiger partial charge in [-0.25, -0.2) is 4.98 Å². The number of aromatic nitrogens is 1. The van der Waals surface area contributed by atoms with E-state index in [9.17, 15) is 14.7 Å². The molecule has 3 rings (SSSR count). The first kappa shape index (κ1) is 23.7. The highest BCUT2D eigenvalue weighted by Gasteiger charge is 2.41. The maximum absolute atomic E-state index is 13.0. The molecule has 0 spiro atoms. The lowest BCUT2D eigenvalue weighted by Gasteiger charge is -2.30. The number of benzene rings is 1. The maximum atomic E-state index is 13.0. The molecule has 0 unspecified atom stereocenters. The summed E-state index contributed by atoms with van der Waals surface area (Å²) in [6.07, 6.45) is -0.490. The first-order valence-corrected chi connectivity index (χ1v) is 11.7. The van der Waals surface area contributed by atoms with Gasteiger partial charge in [0.1, 0.15) is 6.04 Å². The van der Waals surface area contributed by atoms with Gasteiger partial charge in [0.05, 0.1) is 34.3 Å². The molecule has 3 N–H and O–H groups in total. The second-order valence-electron chi connectivity index (χ2n) is 8.37. The molecular weight excluding hydrogens is 432 g/mol. The van der Waals surface area contributed by atoms with Crippen molar-refractivity contribution in [2.24, 2.45) is 5.92 Å². The van der Waals surface area contributed by atoms with Crippen molar-refractivity contribution in [1.29, 1.82) is 0 Å². The van der Waals surface area contributed by atoms with Gasteiger partial charge in [0.25, 0.3) is 0 Å². The van der Waals surface area contributed by atoms with E-state index < -0.39 is 18.2 Å². The quantitative estimate of drug-likeness (QED) is 0.475. The third-order valence-corrected chi connectivity index (χ3v) is 6.97. The first-order chi connectivity index (χ1) is 14.7. The van der Waals surface area contributed by atoms with E-state index in [-0.39, 0.29) is 36.7 Å². The van der Waals surface area contributed by atoms with E-state index in [2.05, 4.69) is 27.8 Å². The second-order valence-corrected chi connectivity index (χ2v) is 9.48. The molecule has 9 heteroatoms. The Kier molecular flexibility index (Phi) is 7.74. The van der Waals surface area contributed by atoms with Gasteiger partial charge in [-0.2, -0.15) is 0 Å². The van der Waals surface area contributed by atoms with Crippen molar-refractivity contribution in [2.45, 2.75) is 58.3 Å². The molecule has 0 saturated carbocycles. The predicted molar refractivity (Wildman–Crippen MR) is 126 cm³/mol. The van der Waals surface area contributed by atoms with Crippen LogP contribution in [0.15, 0.2) is 29.8 Å². The van der Waals surface area contributed by atoms with Crippen LogP contribution in [0, 0.1) is 12.8 Å². The van der Waals surface area contributed by atoms with E-state index in [1.54, 1.807) is 11.3 Å². The summed E-state index contributed by atoms with van der Waals surface area (Å²) in [6, 6.07) is 6.58. The van der Waals surface area contributed by atoms with E-state index in [0.29, 0.717) is 0 Å². The third-order valence-electron chi connectivity index (χ3n) is 5.71. The molecule has 1 saturated heterocycles. The third kappa shape index (κ3) is 5.28. The van der Waals surface area contributed by atoms with E-state index in [0.717, 1.165) is 21.7 Å².